The fourth-order valence-electron chi connectivity index (χ4n) is 6.17. The van der Waals surface area contributed by atoms with Gasteiger partial charge in [-0.05, 0) is 60.4 Å². The zero-order valence-electron chi connectivity index (χ0n) is 18.1. The maximum absolute atomic E-state index is 13.7. The molecule has 0 N–H and O–H groups in total. The van der Waals surface area contributed by atoms with Gasteiger partial charge in [0.1, 0.15) is 12.4 Å². The van der Waals surface area contributed by atoms with E-state index in [-0.39, 0.29) is 48.1 Å². The summed E-state index contributed by atoms with van der Waals surface area (Å²) in [4.78, 5) is 43.4. The molecule has 2 aromatic carbocycles. The van der Waals surface area contributed by atoms with Crippen molar-refractivity contribution in [2.75, 3.05) is 18.7 Å². The van der Waals surface area contributed by atoms with Crippen LogP contribution >= 0.6 is 11.6 Å². The zero-order valence-corrected chi connectivity index (χ0v) is 18.8. The molecule has 7 heteroatoms. The molecule has 2 aromatic rings. The summed E-state index contributed by atoms with van der Waals surface area (Å²) in [6.45, 7) is -0.156. The molecule has 6 nitrogen and oxygen atoms in total. The third kappa shape index (κ3) is 3.04. The molecule has 4 aliphatic carbocycles. The van der Waals surface area contributed by atoms with E-state index in [9.17, 15) is 14.4 Å². The molecule has 1 saturated heterocycles. The number of allylic oxidation sites excluding steroid dienone is 2. The van der Waals surface area contributed by atoms with Gasteiger partial charge in [0.15, 0.2) is 0 Å². The molecule has 33 heavy (non-hydrogen) atoms. The van der Waals surface area contributed by atoms with Gasteiger partial charge in [0.2, 0.25) is 11.8 Å². The SMILES string of the molecule is COc1ccccc1C(=O)N(CN1C(=O)C2C3C=CC(C4CC34)C2C1=O)c1cccc(Cl)c1. The zero-order chi connectivity index (χ0) is 22.9. The van der Waals surface area contributed by atoms with Crippen LogP contribution in [0.3, 0.4) is 0 Å². The second-order valence-corrected chi connectivity index (χ2v) is 9.75. The Morgan fingerprint density at radius 3 is 2.33 bits per heavy atom. The minimum Gasteiger partial charge on any atom is -0.496 e. The van der Waals surface area contributed by atoms with E-state index in [0.717, 1.165) is 6.42 Å². The Balaban J connectivity index is 1.36. The van der Waals surface area contributed by atoms with Crippen LogP contribution in [0.2, 0.25) is 5.02 Å². The molecule has 1 aliphatic heterocycles. The van der Waals surface area contributed by atoms with Crippen molar-refractivity contribution in [3.8, 4) is 5.75 Å². The highest BCUT2D eigenvalue weighted by Gasteiger charge is 2.67. The van der Waals surface area contributed by atoms with Gasteiger partial charge in [-0.1, -0.05) is 42.0 Å². The van der Waals surface area contributed by atoms with Gasteiger partial charge in [0, 0.05) is 10.7 Å². The minimum absolute atomic E-state index is 0.135. The topological polar surface area (TPSA) is 66.9 Å². The van der Waals surface area contributed by atoms with E-state index in [0.29, 0.717) is 33.9 Å². The summed E-state index contributed by atoms with van der Waals surface area (Å²) in [6, 6.07) is 13.8. The van der Waals surface area contributed by atoms with Gasteiger partial charge in [-0.3, -0.25) is 24.2 Å². The van der Waals surface area contributed by atoms with Crippen molar-refractivity contribution in [1.82, 2.24) is 4.90 Å². The van der Waals surface area contributed by atoms with Gasteiger partial charge in [-0.25, -0.2) is 0 Å². The average Bonchev–Trinajstić information content (AvgIpc) is 3.62. The van der Waals surface area contributed by atoms with Crippen LogP contribution < -0.4 is 9.64 Å². The van der Waals surface area contributed by atoms with Crippen molar-refractivity contribution in [1.29, 1.82) is 0 Å². The Kier molecular flexibility index (Phi) is 4.63. The van der Waals surface area contributed by atoms with Crippen LogP contribution in [0.4, 0.5) is 5.69 Å². The molecule has 0 aromatic heterocycles. The van der Waals surface area contributed by atoms with E-state index in [1.807, 2.05) is 0 Å². The first-order valence-corrected chi connectivity index (χ1v) is 11.6. The number of ether oxygens (including phenoxy) is 1. The Bertz CT molecular complexity index is 1170. The highest BCUT2D eigenvalue weighted by molar-refractivity contribution is 6.31. The summed E-state index contributed by atoms with van der Waals surface area (Å²) >= 11 is 6.22. The molecule has 6 unspecified atom stereocenters. The van der Waals surface area contributed by atoms with Crippen LogP contribution in [-0.4, -0.2) is 36.4 Å². The lowest BCUT2D eigenvalue weighted by Gasteiger charge is -2.37. The predicted molar refractivity (Wildman–Crippen MR) is 123 cm³/mol. The summed E-state index contributed by atoms with van der Waals surface area (Å²) in [6.07, 6.45) is 5.39. The van der Waals surface area contributed by atoms with Crippen molar-refractivity contribution in [2.24, 2.45) is 35.5 Å². The van der Waals surface area contributed by atoms with Gasteiger partial charge in [-0.15, -0.1) is 0 Å². The molecule has 5 aliphatic rings. The number of rotatable bonds is 5. The van der Waals surface area contributed by atoms with Crippen LogP contribution in [0.15, 0.2) is 60.7 Å². The van der Waals surface area contributed by atoms with Gasteiger partial charge in [0.05, 0.1) is 24.5 Å². The summed E-state index contributed by atoms with van der Waals surface area (Å²) < 4.78 is 5.39. The number of likely N-dealkylation sites (tertiary alicyclic amines) is 1. The molecule has 1 heterocycles. The molecule has 6 atom stereocenters. The van der Waals surface area contributed by atoms with Crippen molar-refractivity contribution in [3.05, 3.63) is 71.3 Å². The number of para-hydroxylation sites is 1. The third-order valence-corrected chi connectivity index (χ3v) is 7.97. The predicted octanol–water partition coefficient (Wildman–Crippen LogP) is 4.01. The lowest BCUT2D eigenvalue weighted by atomic mass is 9.63. The van der Waals surface area contributed by atoms with Gasteiger partial charge >= 0.3 is 0 Å². The van der Waals surface area contributed by atoms with Crippen LogP contribution in [0.1, 0.15) is 16.8 Å². The first kappa shape index (κ1) is 20.5. The minimum atomic E-state index is -0.367. The number of anilines is 1. The normalized spacial score (nSPS) is 30.8. The van der Waals surface area contributed by atoms with Crippen molar-refractivity contribution in [3.63, 3.8) is 0 Å². The van der Waals surface area contributed by atoms with E-state index in [1.54, 1.807) is 48.5 Å². The molecule has 2 bridgehead atoms. The van der Waals surface area contributed by atoms with E-state index in [2.05, 4.69) is 12.2 Å². The molecule has 168 valence electrons. The number of halogens is 1. The first-order valence-electron chi connectivity index (χ1n) is 11.2. The molecular weight excluding hydrogens is 440 g/mol. The molecule has 3 amide bonds. The number of benzene rings is 2. The number of hydrogen-bond acceptors (Lipinski definition) is 4. The first-order chi connectivity index (χ1) is 16.0. The van der Waals surface area contributed by atoms with Crippen molar-refractivity contribution >= 4 is 35.0 Å². The quantitative estimate of drug-likeness (QED) is 0.497. The summed E-state index contributed by atoms with van der Waals surface area (Å²) in [5.74, 6) is 0.418. The third-order valence-electron chi connectivity index (χ3n) is 7.74. The lowest BCUT2D eigenvalue weighted by molar-refractivity contribution is -0.140. The number of methoxy groups -OCH3 is 1. The number of nitrogens with zero attached hydrogens (tertiary/aromatic N) is 2. The summed E-state index contributed by atoms with van der Waals surface area (Å²) in [5, 5.41) is 0.459. The monoisotopic (exact) mass is 462 g/mol. The van der Waals surface area contributed by atoms with Gasteiger partial charge in [-0.2, -0.15) is 0 Å². The number of amides is 3. The molecule has 2 saturated carbocycles. The highest BCUT2D eigenvalue weighted by Crippen LogP contribution is 2.65. The second-order valence-electron chi connectivity index (χ2n) is 9.31. The van der Waals surface area contributed by atoms with Crippen LogP contribution in [0.5, 0.6) is 5.75 Å². The van der Waals surface area contributed by atoms with Crippen LogP contribution in [0.25, 0.3) is 0 Å². The Morgan fingerprint density at radius 2 is 1.70 bits per heavy atom. The maximum Gasteiger partial charge on any atom is 0.263 e. The summed E-state index contributed by atoms with van der Waals surface area (Å²) in [5.41, 5.74) is 0.859. The van der Waals surface area contributed by atoms with E-state index in [1.165, 1.54) is 16.9 Å². The summed E-state index contributed by atoms with van der Waals surface area (Å²) in [7, 11) is 1.50. The Morgan fingerprint density at radius 1 is 1.03 bits per heavy atom. The van der Waals surface area contributed by atoms with Crippen LogP contribution in [-0.2, 0) is 9.59 Å². The maximum atomic E-state index is 13.7. The molecule has 7 rings (SSSR count). The molecular formula is C26H23ClN2O4. The second kappa shape index (κ2) is 7.45. The largest absolute Gasteiger partial charge is 0.496 e. The molecule has 0 spiro atoms. The van der Waals surface area contributed by atoms with E-state index in [4.69, 9.17) is 16.3 Å². The fourth-order valence-corrected chi connectivity index (χ4v) is 6.36. The number of imide groups is 1. The number of hydrogen-bond donors (Lipinski definition) is 0. The Labute approximate surface area is 196 Å². The fraction of sp³-hybridized carbons (Fsp3) is 0.346. The van der Waals surface area contributed by atoms with Crippen molar-refractivity contribution < 1.29 is 19.1 Å². The lowest BCUT2D eigenvalue weighted by Crippen LogP contribution is -2.45. The average molecular weight is 463 g/mol. The standard InChI is InChI=1S/C26H23ClN2O4/c1-33-21-8-3-2-7-18(21)24(30)28(15-6-4-5-14(27)11-15)13-29-25(31)22-16-9-10-17(20-12-19(16)20)23(22)26(29)32/h2-11,16-17,19-20,22-23H,12-13H2,1H3. The number of carbonyl (C=O) groups excluding carboxylic acids is 3. The number of carbonyl (C=O) groups is 3. The van der Waals surface area contributed by atoms with Crippen molar-refractivity contribution in [2.45, 2.75) is 6.42 Å². The van der Waals surface area contributed by atoms with Gasteiger partial charge in [0.25, 0.3) is 5.91 Å². The Hall–Kier alpha value is -3.12. The van der Waals surface area contributed by atoms with E-state index < -0.39 is 0 Å². The van der Waals surface area contributed by atoms with Crippen LogP contribution in [0, 0.1) is 35.5 Å². The molecule has 0 radical (unpaired) electrons. The van der Waals surface area contributed by atoms with E-state index >= 15 is 0 Å². The van der Waals surface area contributed by atoms with Gasteiger partial charge < -0.3 is 4.74 Å². The molecule has 3 fully saturated rings. The smallest absolute Gasteiger partial charge is 0.263 e. The highest BCUT2D eigenvalue weighted by atomic mass is 35.5.